The molecule has 25 heavy (non-hydrogen) atoms. The van der Waals surface area contributed by atoms with Gasteiger partial charge < -0.3 is 19.9 Å². The van der Waals surface area contributed by atoms with Crippen LogP contribution in [0.3, 0.4) is 0 Å². The van der Waals surface area contributed by atoms with E-state index in [2.05, 4.69) is 22.3 Å². The number of hydrogen-bond donors (Lipinski definition) is 1. The third-order valence-electron chi connectivity index (χ3n) is 4.19. The number of amides is 2. The third-order valence-corrected chi connectivity index (χ3v) is 4.19. The van der Waals surface area contributed by atoms with Crippen LogP contribution in [0.5, 0.6) is 0 Å². The lowest BCUT2D eigenvalue weighted by atomic mass is 10.2. The van der Waals surface area contributed by atoms with Crippen LogP contribution >= 0.6 is 0 Å². The molecule has 1 saturated heterocycles. The Hall–Kier alpha value is -2.60. The molecule has 6 heteroatoms. The highest BCUT2D eigenvalue weighted by atomic mass is 19.1. The summed E-state index contributed by atoms with van der Waals surface area (Å²) in [6, 6.07) is 13.9. The van der Waals surface area contributed by atoms with Crippen LogP contribution in [-0.4, -0.2) is 44.3 Å². The second kappa shape index (κ2) is 7.98. The van der Waals surface area contributed by atoms with Crippen molar-refractivity contribution >= 4 is 17.4 Å². The van der Waals surface area contributed by atoms with Gasteiger partial charge in [0.05, 0.1) is 18.9 Å². The average Bonchev–Trinajstić information content (AvgIpc) is 2.65. The Morgan fingerprint density at radius 2 is 1.84 bits per heavy atom. The fourth-order valence-corrected chi connectivity index (χ4v) is 2.75. The normalized spacial score (nSPS) is 14.2. The number of carbonyl (C=O) groups is 1. The molecule has 2 aromatic rings. The number of para-hydroxylation sites is 1. The second-order valence-electron chi connectivity index (χ2n) is 6.03. The Morgan fingerprint density at radius 1 is 1.16 bits per heavy atom. The van der Waals surface area contributed by atoms with E-state index in [-0.39, 0.29) is 11.7 Å². The van der Waals surface area contributed by atoms with Gasteiger partial charge in [-0.15, -0.1) is 0 Å². The molecule has 1 aliphatic heterocycles. The van der Waals surface area contributed by atoms with E-state index in [1.165, 1.54) is 17.0 Å². The predicted octanol–water partition coefficient (Wildman–Crippen LogP) is 3.33. The number of nitrogens with zero attached hydrogens (tertiary/aromatic N) is 2. The lowest BCUT2D eigenvalue weighted by Crippen LogP contribution is -2.36. The molecule has 5 nitrogen and oxygen atoms in total. The highest BCUT2D eigenvalue weighted by Crippen LogP contribution is 2.18. The number of rotatable bonds is 4. The topological polar surface area (TPSA) is 44.8 Å². The lowest BCUT2D eigenvalue weighted by Gasteiger charge is -2.29. The van der Waals surface area contributed by atoms with Crippen molar-refractivity contribution < 1.29 is 13.9 Å². The minimum Gasteiger partial charge on any atom is -0.378 e. The molecular weight excluding hydrogens is 321 g/mol. The zero-order valence-electron chi connectivity index (χ0n) is 14.2. The number of ether oxygens (including phenoxy) is 1. The van der Waals surface area contributed by atoms with Gasteiger partial charge in [-0.1, -0.05) is 24.3 Å². The van der Waals surface area contributed by atoms with Crippen LogP contribution in [0.1, 0.15) is 5.56 Å². The molecule has 2 amide bonds. The zero-order valence-corrected chi connectivity index (χ0v) is 14.2. The molecule has 1 N–H and O–H groups in total. The number of carbonyl (C=O) groups excluding carboxylic acids is 1. The second-order valence-corrected chi connectivity index (χ2v) is 6.03. The number of anilines is 2. The van der Waals surface area contributed by atoms with Crippen molar-refractivity contribution in [2.24, 2.45) is 0 Å². The summed E-state index contributed by atoms with van der Waals surface area (Å²) in [5.74, 6) is -0.445. The van der Waals surface area contributed by atoms with Crippen molar-refractivity contribution in [2.75, 3.05) is 43.6 Å². The summed E-state index contributed by atoms with van der Waals surface area (Å²) in [4.78, 5) is 16.0. The van der Waals surface area contributed by atoms with E-state index < -0.39 is 5.82 Å². The van der Waals surface area contributed by atoms with Gasteiger partial charge in [0, 0.05) is 32.4 Å². The summed E-state index contributed by atoms with van der Waals surface area (Å²) < 4.78 is 19.0. The fourth-order valence-electron chi connectivity index (χ4n) is 2.75. The summed E-state index contributed by atoms with van der Waals surface area (Å²) in [5.41, 5.74) is 2.36. The van der Waals surface area contributed by atoms with Gasteiger partial charge in [0.25, 0.3) is 0 Å². The maximum absolute atomic E-state index is 13.6. The van der Waals surface area contributed by atoms with Gasteiger partial charge in [0.15, 0.2) is 0 Å². The van der Waals surface area contributed by atoms with E-state index in [4.69, 9.17) is 4.74 Å². The Labute approximate surface area is 147 Å². The number of hydrogen-bond acceptors (Lipinski definition) is 3. The maximum atomic E-state index is 13.6. The molecule has 0 atom stereocenters. The summed E-state index contributed by atoms with van der Waals surface area (Å²) in [5, 5.41) is 2.58. The summed E-state index contributed by atoms with van der Waals surface area (Å²) in [6.07, 6.45) is 0. The number of benzene rings is 2. The maximum Gasteiger partial charge on any atom is 0.321 e. The van der Waals surface area contributed by atoms with E-state index in [1.54, 1.807) is 19.2 Å². The number of urea groups is 1. The summed E-state index contributed by atoms with van der Waals surface area (Å²) in [7, 11) is 1.69. The first-order chi connectivity index (χ1) is 12.1. The van der Waals surface area contributed by atoms with Gasteiger partial charge in [-0.05, 0) is 29.8 Å². The van der Waals surface area contributed by atoms with Crippen LogP contribution in [0, 0.1) is 5.82 Å². The van der Waals surface area contributed by atoms with Gasteiger partial charge in [-0.2, -0.15) is 0 Å². The largest absolute Gasteiger partial charge is 0.378 e. The zero-order chi connectivity index (χ0) is 17.6. The number of halogens is 1. The Kier molecular flexibility index (Phi) is 5.50. The fraction of sp³-hybridized carbons (Fsp3) is 0.316. The van der Waals surface area contributed by atoms with Gasteiger partial charge in [-0.3, -0.25) is 0 Å². The summed E-state index contributed by atoms with van der Waals surface area (Å²) in [6.45, 7) is 3.74. The molecule has 132 valence electrons. The Balaban J connectivity index is 1.57. The number of morpholine rings is 1. The van der Waals surface area contributed by atoms with E-state index in [1.807, 2.05) is 12.1 Å². The minimum atomic E-state index is -0.445. The molecule has 3 rings (SSSR count). The van der Waals surface area contributed by atoms with E-state index >= 15 is 0 Å². The first-order valence-corrected chi connectivity index (χ1v) is 8.32. The standard InChI is InChI=1S/C19H22FN3O2/c1-22(19(24)21-18-5-3-2-4-17(18)20)14-15-6-8-16(9-7-15)23-10-12-25-13-11-23/h2-9H,10-14H2,1H3,(H,21,24). The molecule has 2 aromatic carbocycles. The smallest absolute Gasteiger partial charge is 0.321 e. The molecule has 1 heterocycles. The molecule has 0 bridgehead atoms. The van der Waals surface area contributed by atoms with Crippen LogP contribution in [0.25, 0.3) is 0 Å². The molecule has 0 radical (unpaired) electrons. The van der Waals surface area contributed by atoms with Crippen molar-refractivity contribution in [2.45, 2.75) is 6.54 Å². The SMILES string of the molecule is CN(Cc1ccc(N2CCOCC2)cc1)C(=O)Nc1ccccc1F. The van der Waals surface area contributed by atoms with Gasteiger partial charge in [0.1, 0.15) is 5.82 Å². The van der Waals surface area contributed by atoms with Crippen LogP contribution in [0.15, 0.2) is 48.5 Å². The molecule has 0 aromatic heterocycles. The van der Waals surface area contributed by atoms with Gasteiger partial charge in [0.2, 0.25) is 0 Å². The molecule has 0 spiro atoms. The molecule has 1 fully saturated rings. The molecular formula is C19H22FN3O2. The molecule has 0 unspecified atom stereocenters. The Morgan fingerprint density at radius 3 is 2.52 bits per heavy atom. The van der Waals surface area contributed by atoms with Crippen molar-refractivity contribution in [3.63, 3.8) is 0 Å². The lowest BCUT2D eigenvalue weighted by molar-refractivity contribution is 0.122. The van der Waals surface area contributed by atoms with Crippen molar-refractivity contribution in [3.8, 4) is 0 Å². The molecule has 0 aliphatic carbocycles. The molecule has 1 aliphatic rings. The highest BCUT2D eigenvalue weighted by molar-refractivity contribution is 5.89. The van der Waals surface area contributed by atoms with E-state index in [0.29, 0.717) is 6.54 Å². The third kappa shape index (κ3) is 4.48. The summed E-state index contributed by atoms with van der Waals surface area (Å²) >= 11 is 0. The van der Waals surface area contributed by atoms with Crippen LogP contribution in [0.4, 0.5) is 20.6 Å². The minimum absolute atomic E-state index is 0.182. The van der Waals surface area contributed by atoms with Crippen LogP contribution < -0.4 is 10.2 Å². The van der Waals surface area contributed by atoms with Crippen molar-refractivity contribution in [1.29, 1.82) is 0 Å². The molecule has 0 saturated carbocycles. The first kappa shape index (κ1) is 17.2. The van der Waals surface area contributed by atoms with Crippen LogP contribution in [0.2, 0.25) is 0 Å². The van der Waals surface area contributed by atoms with Crippen molar-refractivity contribution in [1.82, 2.24) is 4.90 Å². The van der Waals surface area contributed by atoms with Gasteiger partial charge >= 0.3 is 6.03 Å². The van der Waals surface area contributed by atoms with Gasteiger partial charge in [-0.25, -0.2) is 9.18 Å². The predicted molar refractivity (Wildman–Crippen MR) is 96.4 cm³/mol. The van der Waals surface area contributed by atoms with Crippen molar-refractivity contribution in [3.05, 3.63) is 59.9 Å². The number of nitrogens with one attached hydrogen (secondary N) is 1. The quantitative estimate of drug-likeness (QED) is 0.926. The van der Waals surface area contributed by atoms with E-state index in [9.17, 15) is 9.18 Å². The average molecular weight is 343 g/mol. The Bertz CT molecular complexity index is 715. The van der Waals surface area contributed by atoms with E-state index in [0.717, 1.165) is 37.6 Å². The van der Waals surface area contributed by atoms with Crippen LogP contribution in [-0.2, 0) is 11.3 Å². The monoisotopic (exact) mass is 343 g/mol. The first-order valence-electron chi connectivity index (χ1n) is 8.32. The highest BCUT2D eigenvalue weighted by Gasteiger charge is 2.13.